The quantitative estimate of drug-likeness (QED) is 0.729. The normalized spacial score (nSPS) is 12.3. The van der Waals surface area contributed by atoms with E-state index in [1.807, 2.05) is 24.3 Å². The number of aromatic nitrogens is 2. The monoisotopic (exact) mass is 381 g/mol. The van der Waals surface area contributed by atoms with Gasteiger partial charge in [-0.3, -0.25) is 9.97 Å². The van der Waals surface area contributed by atoms with Gasteiger partial charge in [0.2, 0.25) is 10.0 Å². The van der Waals surface area contributed by atoms with Crippen molar-refractivity contribution in [3.05, 3.63) is 90.0 Å². The van der Waals surface area contributed by atoms with Crippen molar-refractivity contribution in [3.8, 4) is 0 Å². The zero-order valence-corrected chi connectivity index (χ0v) is 16.4. The minimum atomic E-state index is -3.75. The molecule has 3 aromatic rings. The highest BCUT2D eigenvalue weighted by Crippen LogP contribution is 2.25. The van der Waals surface area contributed by atoms with E-state index in [0.717, 1.165) is 5.56 Å². The Morgan fingerprint density at radius 3 is 1.74 bits per heavy atom. The molecular formula is C21H23N3O2S. The third-order valence-electron chi connectivity index (χ3n) is 4.27. The highest BCUT2D eigenvalue weighted by atomic mass is 32.2. The standard InChI is InChI=1S/C21H23N3O2S/c1-21(2,3)16-10-12-17(13-11-16)27(25,26)24-20(18-8-4-6-14-22-18)19-9-5-7-15-23-19/h4-15,20,24H,1-3H3. The van der Waals surface area contributed by atoms with Crippen LogP contribution in [0.3, 0.4) is 0 Å². The molecule has 3 rings (SSSR count). The Morgan fingerprint density at radius 2 is 1.33 bits per heavy atom. The van der Waals surface area contributed by atoms with Gasteiger partial charge in [-0.15, -0.1) is 0 Å². The van der Waals surface area contributed by atoms with Crippen LogP contribution in [0.1, 0.15) is 43.8 Å². The van der Waals surface area contributed by atoms with Crippen LogP contribution in [0.2, 0.25) is 0 Å². The summed E-state index contributed by atoms with van der Waals surface area (Å²) in [6, 6.07) is 17.1. The molecule has 2 heterocycles. The molecule has 0 saturated heterocycles. The van der Waals surface area contributed by atoms with Crippen LogP contribution in [0.15, 0.2) is 78.0 Å². The van der Waals surface area contributed by atoms with Crippen molar-refractivity contribution in [1.82, 2.24) is 14.7 Å². The SMILES string of the molecule is CC(C)(C)c1ccc(S(=O)(=O)NC(c2ccccn2)c2ccccn2)cc1. The number of sulfonamides is 1. The molecule has 6 heteroatoms. The molecule has 140 valence electrons. The van der Waals surface area contributed by atoms with E-state index in [9.17, 15) is 8.42 Å². The Bertz CT molecular complexity index is 942. The molecule has 1 N–H and O–H groups in total. The summed E-state index contributed by atoms with van der Waals surface area (Å²) in [5.41, 5.74) is 2.21. The van der Waals surface area contributed by atoms with Crippen LogP contribution in [0.25, 0.3) is 0 Å². The average Bonchev–Trinajstić information content (AvgIpc) is 2.67. The molecule has 0 amide bonds. The molecule has 0 saturated carbocycles. The van der Waals surface area contributed by atoms with E-state index in [4.69, 9.17) is 0 Å². The van der Waals surface area contributed by atoms with Crippen LogP contribution in [-0.2, 0) is 15.4 Å². The largest absolute Gasteiger partial charge is 0.259 e. The van der Waals surface area contributed by atoms with E-state index >= 15 is 0 Å². The van der Waals surface area contributed by atoms with Gasteiger partial charge in [0.05, 0.1) is 16.3 Å². The van der Waals surface area contributed by atoms with Crippen molar-refractivity contribution in [2.24, 2.45) is 0 Å². The smallest absolute Gasteiger partial charge is 0.241 e. The van der Waals surface area contributed by atoms with Gasteiger partial charge < -0.3 is 0 Å². The molecule has 0 aliphatic carbocycles. The molecule has 2 aromatic heterocycles. The Labute approximate surface area is 160 Å². The van der Waals surface area contributed by atoms with Gasteiger partial charge in [-0.2, -0.15) is 4.72 Å². The Kier molecular flexibility index (Phi) is 5.39. The third kappa shape index (κ3) is 4.59. The van der Waals surface area contributed by atoms with Crippen molar-refractivity contribution in [3.63, 3.8) is 0 Å². The van der Waals surface area contributed by atoms with Crippen molar-refractivity contribution < 1.29 is 8.42 Å². The second-order valence-electron chi connectivity index (χ2n) is 7.34. The minimum Gasteiger partial charge on any atom is -0.259 e. The maximum absolute atomic E-state index is 13.0. The molecule has 0 fully saturated rings. The Balaban J connectivity index is 1.95. The van der Waals surface area contributed by atoms with Gasteiger partial charge in [-0.1, -0.05) is 45.0 Å². The number of hydrogen-bond acceptors (Lipinski definition) is 4. The second kappa shape index (κ2) is 7.58. The van der Waals surface area contributed by atoms with Crippen molar-refractivity contribution in [2.75, 3.05) is 0 Å². The Hall–Kier alpha value is -2.57. The first-order valence-corrected chi connectivity index (χ1v) is 10.2. The second-order valence-corrected chi connectivity index (χ2v) is 9.05. The first kappa shape index (κ1) is 19.2. The van der Waals surface area contributed by atoms with Crippen molar-refractivity contribution in [1.29, 1.82) is 0 Å². The molecule has 27 heavy (non-hydrogen) atoms. The number of benzene rings is 1. The zero-order chi connectivity index (χ0) is 19.5. The van der Waals surface area contributed by atoms with Gasteiger partial charge in [0.25, 0.3) is 0 Å². The summed E-state index contributed by atoms with van der Waals surface area (Å²) in [4.78, 5) is 8.84. The molecule has 0 bridgehead atoms. The lowest BCUT2D eigenvalue weighted by molar-refractivity contribution is 0.566. The highest BCUT2D eigenvalue weighted by Gasteiger charge is 2.25. The van der Waals surface area contributed by atoms with Gasteiger partial charge in [0.1, 0.15) is 6.04 Å². The lowest BCUT2D eigenvalue weighted by Crippen LogP contribution is -2.30. The summed E-state index contributed by atoms with van der Waals surface area (Å²) in [5.74, 6) is 0. The maximum Gasteiger partial charge on any atom is 0.241 e. The van der Waals surface area contributed by atoms with E-state index in [1.165, 1.54) is 0 Å². The van der Waals surface area contributed by atoms with E-state index in [1.54, 1.807) is 48.8 Å². The predicted molar refractivity (Wildman–Crippen MR) is 106 cm³/mol. The summed E-state index contributed by atoms with van der Waals surface area (Å²) in [6.45, 7) is 6.27. The first-order valence-electron chi connectivity index (χ1n) is 8.72. The summed E-state index contributed by atoms with van der Waals surface area (Å²) in [6.07, 6.45) is 3.27. The van der Waals surface area contributed by atoms with Crippen molar-refractivity contribution in [2.45, 2.75) is 37.1 Å². The van der Waals surface area contributed by atoms with Crippen LogP contribution in [0.4, 0.5) is 0 Å². The molecule has 1 aromatic carbocycles. The lowest BCUT2D eigenvalue weighted by Gasteiger charge is -2.20. The fourth-order valence-corrected chi connectivity index (χ4v) is 3.91. The van der Waals surface area contributed by atoms with Gasteiger partial charge in [0.15, 0.2) is 0 Å². The fourth-order valence-electron chi connectivity index (χ4n) is 2.72. The summed E-state index contributed by atoms with van der Waals surface area (Å²) < 4.78 is 28.7. The van der Waals surface area contributed by atoms with E-state index in [0.29, 0.717) is 11.4 Å². The first-order chi connectivity index (χ1) is 12.8. The molecule has 5 nitrogen and oxygen atoms in total. The highest BCUT2D eigenvalue weighted by molar-refractivity contribution is 7.89. The number of hydrogen-bond donors (Lipinski definition) is 1. The average molecular weight is 382 g/mol. The summed E-state index contributed by atoms with van der Waals surface area (Å²) >= 11 is 0. The molecule has 0 radical (unpaired) electrons. The Morgan fingerprint density at radius 1 is 0.815 bits per heavy atom. The van der Waals surface area contributed by atoms with Gasteiger partial charge in [-0.25, -0.2) is 8.42 Å². The van der Waals surface area contributed by atoms with Crippen LogP contribution >= 0.6 is 0 Å². The van der Waals surface area contributed by atoms with Crippen molar-refractivity contribution >= 4 is 10.0 Å². The molecule has 0 unspecified atom stereocenters. The molecule has 0 aliphatic heterocycles. The van der Waals surface area contributed by atoms with Crippen LogP contribution in [0, 0.1) is 0 Å². The zero-order valence-electron chi connectivity index (χ0n) is 15.6. The van der Waals surface area contributed by atoms with Crippen LogP contribution in [-0.4, -0.2) is 18.4 Å². The van der Waals surface area contributed by atoms with Gasteiger partial charge in [0, 0.05) is 12.4 Å². The molecule has 0 spiro atoms. The lowest BCUT2D eigenvalue weighted by atomic mass is 9.87. The maximum atomic E-state index is 13.0. The summed E-state index contributed by atoms with van der Waals surface area (Å²) in [5, 5.41) is 0. The minimum absolute atomic E-state index is 0.0415. The fraction of sp³-hybridized carbons (Fsp3) is 0.238. The van der Waals surface area contributed by atoms with Gasteiger partial charge >= 0.3 is 0 Å². The van der Waals surface area contributed by atoms with Crippen LogP contribution < -0.4 is 4.72 Å². The number of rotatable bonds is 5. The van der Waals surface area contributed by atoms with E-state index < -0.39 is 16.1 Å². The molecule has 0 aliphatic rings. The molecular weight excluding hydrogens is 358 g/mol. The van der Waals surface area contributed by atoms with Crippen LogP contribution in [0.5, 0.6) is 0 Å². The van der Waals surface area contributed by atoms with E-state index in [2.05, 4.69) is 35.5 Å². The number of pyridine rings is 2. The number of nitrogens with zero attached hydrogens (tertiary/aromatic N) is 2. The van der Waals surface area contributed by atoms with Gasteiger partial charge in [-0.05, 0) is 47.4 Å². The predicted octanol–water partition coefficient (Wildman–Crippen LogP) is 3.84. The molecule has 0 atom stereocenters. The summed E-state index contributed by atoms with van der Waals surface area (Å²) in [7, 11) is -3.75. The third-order valence-corrected chi connectivity index (χ3v) is 5.71. The topological polar surface area (TPSA) is 72.0 Å². The van der Waals surface area contributed by atoms with E-state index in [-0.39, 0.29) is 10.3 Å². The number of nitrogens with one attached hydrogen (secondary N) is 1.